The third-order valence-corrected chi connectivity index (χ3v) is 2.15. The molecule has 0 saturated heterocycles. The molecule has 0 radical (unpaired) electrons. The fourth-order valence-corrected chi connectivity index (χ4v) is 1.35. The molecule has 2 heteroatoms. The Labute approximate surface area is 96.7 Å². The number of benzene rings is 1. The van der Waals surface area contributed by atoms with E-state index in [4.69, 9.17) is 0 Å². The van der Waals surface area contributed by atoms with Gasteiger partial charge in [-0.25, -0.2) is 0 Å². The standard InChI is InChI=1S/C14H17NO/c1-10(2)9-12-7-5-6-8-13(12)15-14(16)11(3)4/h5-8H,1,3,9H2,2,4H3,(H,15,16). The summed E-state index contributed by atoms with van der Waals surface area (Å²) in [6.07, 6.45) is 0.770. The zero-order valence-electron chi connectivity index (χ0n) is 9.84. The van der Waals surface area contributed by atoms with Gasteiger partial charge in [-0.3, -0.25) is 4.79 Å². The number of nitrogens with one attached hydrogen (secondary N) is 1. The van der Waals surface area contributed by atoms with Crippen LogP contribution in [-0.4, -0.2) is 5.91 Å². The molecule has 0 saturated carbocycles. The van der Waals surface area contributed by atoms with Crippen LogP contribution < -0.4 is 5.32 Å². The van der Waals surface area contributed by atoms with E-state index >= 15 is 0 Å². The van der Waals surface area contributed by atoms with Crippen molar-refractivity contribution in [2.45, 2.75) is 20.3 Å². The van der Waals surface area contributed by atoms with Crippen molar-refractivity contribution in [1.29, 1.82) is 0 Å². The molecule has 1 amide bonds. The molecule has 0 fully saturated rings. The number of allylic oxidation sites excluding steroid dienone is 1. The largest absolute Gasteiger partial charge is 0.322 e. The van der Waals surface area contributed by atoms with Crippen LogP contribution in [0.5, 0.6) is 0 Å². The Morgan fingerprint density at radius 3 is 2.44 bits per heavy atom. The number of rotatable bonds is 4. The smallest absolute Gasteiger partial charge is 0.250 e. The van der Waals surface area contributed by atoms with Crippen molar-refractivity contribution in [1.82, 2.24) is 0 Å². The van der Waals surface area contributed by atoms with Crippen LogP contribution in [-0.2, 0) is 11.2 Å². The van der Waals surface area contributed by atoms with Gasteiger partial charge in [0.1, 0.15) is 0 Å². The predicted molar refractivity (Wildman–Crippen MR) is 68.4 cm³/mol. The summed E-state index contributed by atoms with van der Waals surface area (Å²) < 4.78 is 0. The maximum absolute atomic E-state index is 11.5. The Hall–Kier alpha value is -1.83. The summed E-state index contributed by atoms with van der Waals surface area (Å²) >= 11 is 0. The van der Waals surface area contributed by atoms with E-state index < -0.39 is 0 Å². The van der Waals surface area contributed by atoms with E-state index in [0.29, 0.717) is 5.57 Å². The summed E-state index contributed by atoms with van der Waals surface area (Å²) in [5.41, 5.74) is 3.48. The van der Waals surface area contributed by atoms with Crippen molar-refractivity contribution in [3.8, 4) is 0 Å². The van der Waals surface area contributed by atoms with Crippen LogP contribution in [0.15, 0.2) is 48.6 Å². The fraction of sp³-hybridized carbons (Fsp3) is 0.214. The van der Waals surface area contributed by atoms with Crippen molar-refractivity contribution >= 4 is 11.6 Å². The van der Waals surface area contributed by atoms with Crippen LogP contribution in [0, 0.1) is 0 Å². The van der Waals surface area contributed by atoms with Gasteiger partial charge in [0.15, 0.2) is 0 Å². The molecule has 0 heterocycles. The van der Waals surface area contributed by atoms with Gasteiger partial charge in [0, 0.05) is 11.3 Å². The first kappa shape index (κ1) is 12.2. The van der Waals surface area contributed by atoms with Crippen LogP contribution in [0.25, 0.3) is 0 Å². The highest BCUT2D eigenvalue weighted by Gasteiger charge is 2.06. The number of para-hydroxylation sites is 1. The molecular weight excluding hydrogens is 198 g/mol. The molecule has 0 aromatic heterocycles. The summed E-state index contributed by atoms with van der Waals surface area (Å²) in [4.78, 5) is 11.5. The van der Waals surface area contributed by atoms with Crippen LogP contribution >= 0.6 is 0 Å². The summed E-state index contributed by atoms with van der Waals surface area (Å²) in [6, 6.07) is 7.73. The highest BCUT2D eigenvalue weighted by molar-refractivity contribution is 6.03. The molecule has 1 aromatic rings. The van der Waals surface area contributed by atoms with E-state index in [9.17, 15) is 4.79 Å². The number of hydrogen-bond acceptors (Lipinski definition) is 1. The summed E-state index contributed by atoms with van der Waals surface area (Å²) in [6.45, 7) is 11.1. The highest BCUT2D eigenvalue weighted by Crippen LogP contribution is 2.18. The number of amides is 1. The molecular formula is C14H17NO. The lowest BCUT2D eigenvalue weighted by atomic mass is 10.1. The highest BCUT2D eigenvalue weighted by atomic mass is 16.1. The van der Waals surface area contributed by atoms with Crippen molar-refractivity contribution in [3.63, 3.8) is 0 Å². The zero-order chi connectivity index (χ0) is 12.1. The van der Waals surface area contributed by atoms with Crippen LogP contribution in [0.3, 0.4) is 0 Å². The lowest BCUT2D eigenvalue weighted by Gasteiger charge is -2.10. The maximum Gasteiger partial charge on any atom is 0.250 e. The minimum Gasteiger partial charge on any atom is -0.322 e. The van der Waals surface area contributed by atoms with Crippen molar-refractivity contribution in [2.75, 3.05) is 5.32 Å². The SMILES string of the molecule is C=C(C)Cc1ccccc1NC(=O)C(=C)C. The molecule has 84 valence electrons. The molecule has 1 rings (SSSR count). The summed E-state index contributed by atoms with van der Waals surface area (Å²) in [7, 11) is 0. The van der Waals surface area contributed by atoms with Gasteiger partial charge in [-0.2, -0.15) is 0 Å². The molecule has 0 aliphatic heterocycles. The van der Waals surface area contributed by atoms with E-state index in [1.54, 1.807) is 6.92 Å². The maximum atomic E-state index is 11.5. The molecule has 0 aliphatic rings. The second-order valence-electron chi connectivity index (χ2n) is 4.03. The second-order valence-corrected chi connectivity index (χ2v) is 4.03. The molecule has 0 spiro atoms. The normalized spacial score (nSPS) is 9.62. The van der Waals surface area contributed by atoms with Crippen LogP contribution in [0.2, 0.25) is 0 Å². The van der Waals surface area contributed by atoms with E-state index in [-0.39, 0.29) is 5.91 Å². The van der Waals surface area contributed by atoms with Gasteiger partial charge in [0.05, 0.1) is 0 Å². The monoisotopic (exact) mass is 215 g/mol. The first-order valence-electron chi connectivity index (χ1n) is 5.20. The van der Waals surface area contributed by atoms with Gasteiger partial charge >= 0.3 is 0 Å². The molecule has 16 heavy (non-hydrogen) atoms. The predicted octanol–water partition coefficient (Wildman–Crippen LogP) is 3.32. The molecule has 2 nitrogen and oxygen atoms in total. The average molecular weight is 215 g/mol. The summed E-state index contributed by atoms with van der Waals surface area (Å²) in [5, 5.41) is 2.84. The zero-order valence-corrected chi connectivity index (χ0v) is 9.84. The van der Waals surface area contributed by atoms with Gasteiger partial charge in [0.25, 0.3) is 5.91 Å². The van der Waals surface area contributed by atoms with E-state index in [1.807, 2.05) is 31.2 Å². The molecule has 0 unspecified atom stereocenters. The lowest BCUT2D eigenvalue weighted by molar-refractivity contribution is -0.112. The lowest BCUT2D eigenvalue weighted by Crippen LogP contribution is -2.13. The van der Waals surface area contributed by atoms with E-state index in [2.05, 4.69) is 18.5 Å². The second kappa shape index (κ2) is 5.31. The molecule has 1 N–H and O–H groups in total. The Morgan fingerprint density at radius 2 is 1.88 bits per heavy atom. The van der Waals surface area contributed by atoms with Crippen LogP contribution in [0.4, 0.5) is 5.69 Å². The molecule has 0 bridgehead atoms. The topological polar surface area (TPSA) is 29.1 Å². The van der Waals surface area contributed by atoms with Crippen LogP contribution in [0.1, 0.15) is 19.4 Å². The number of hydrogen-bond donors (Lipinski definition) is 1. The Kier molecular flexibility index (Phi) is 4.06. The molecule has 0 atom stereocenters. The quantitative estimate of drug-likeness (QED) is 0.606. The minimum absolute atomic E-state index is 0.144. The third kappa shape index (κ3) is 3.39. The average Bonchev–Trinajstić information content (AvgIpc) is 2.20. The minimum atomic E-state index is -0.144. The Morgan fingerprint density at radius 1 is 1.25 bits per heavy atom. The van der Waals surface area contributed by atoms with E-state index in [1.165, 1.54) is 0 Å². The number of anilines is 1. The Balaban J connectivity index is 2.90. The fourth-order valence-electron chi connectivity index (χ4n) is 1.35. The van der Waals surface area contributed by atoms with Gasteiger partial charge in [0.2, 0.25) is 0 Å². The first-order chi connectivity index (χ1) is 7.50. The molecule has 0 aliphatic carbocycles. The summed E-state index contributed by atoms with van der Waals surface area (Å²) in [5.74, 6) is -0.144. The number of carbonyl (C=O) groups excluding carboxylic acids is 1. The first-order valence-corrected chi connectivity index (χ1v) is 5.20. The van der Waals surface area contributed by atoms with Crippen molar-refractivity contribution < 1.29 is 4.79 Å². The van der Waals surface area contributed by atoms with Gasteiger partial charge in [-0.05, 0) is 31.9 Å². The molecule has 1 aromatic carbocycles. The van der Waals surface area contributed by atoms with Crippen molar-refractivity contribution in [3.05, 3.63) is 54.1 Å². The third-order valence-electron chi connectivity index (χ3n) is 2.15. The number of carbonyl (C=O) groups is 1. The van der Waals surface area contributed by atoms with E-state index in [0.717, 1.165) is 23.2 Å². The van der Waals surface area contributed by atoms with Crippen molar-refractivity contribution in [2.24, 2.45) is 0 Å². The van der Waals surface area contributed by atoms with Gasteiger partial charge in [-0.15, -0.1) is 0 Å². The van der Waals surface area contributed by atoms with Gasteiger partial charge in [-0.1, -0.05) is 36.9 Å². The Bertz CT molecular complexity index is 432. The van der Waals surface area contributed by atoms with Gasteiger partial charge < -0.3 is 5.32 Å².